The average Bonchev–Trinajstić information content (AvgIpc) is 2.47. The summed E-state index contributed by atoms with van der Waals surface area (Å²) in [6, 6.07) is 4.47. The number of rotatable bonds is 7. The van der Waals surface area contributed by atoms with E-state index in [1.807, 2.05) is 0 Å². The van der Waals surface area contributed by atoms with Gasteiger partial charge in [-0.2, -0.15) is 13.2 Å². The summed E-state index contributed by atoms with van der Waals surface area (Å²) >= 11 is 11.3. The van der Waals surface area contributed by atoms with Gasteiger partial charge in [0, 0.05) is 11.6 Å². The lowest BCUT2D eigenvalue weighted by atomic mass is 10.3. The molecule has 0 spiro atoms. The summed E-state index contributed by atoms with van der Waals surface area (Å²) in [4.78, 5) is 25.0. The van der Waals surface area contributed by atoms with Crippen LogP contribution in [0.1, 0.15) is 13.3 Å². The van der Waals surface area contributed by atoms with E-state index in [0.29, 0.717) is 11.4 Å². The molecule has 0 fully saturated rings. The first-order chi connectivity index (χ1) is 11.1. The second kappa shape index (κ2) is 9.39. The minimum absolute atomic E-state index is 0.175. The fourth-order valence-electron chi connectivity index (χ4n) is 1.75. The van der Waals surface area contributed by atoms with Crippen molar-refractivity contribution in [2.75, 3.05) is 24.2 Å². The molecule has 0 bridgehead atoms. The highest BCUT2D eigenvalue weighted by Gasteiger charge is 2.30. The van der Waals surface area contributed by atoms with Crippen LogP contribution in [0.25, 0.3) is 0 Å². The first-order valence-corrected chi connectivity index (χ1v) is 8.60. The molecule has 4 nitrogen and oxygen atoms in total. The number of nitrogens with one attached hydrogen (secondary N) is 1. The zero-order chi connectivity index (χ0) is 18.3. The van der Waals surface area contributed by atoms with E-state index in [1.54, 1.807) is 13.0 Å². The van der Waals surface area contributed by atoms with Crippen LogP contribution in [-0.4, -0.2) is 41.1 Å². The van der Waals surface area contributed by atoms with Crippen LogP contribution in [0.5, 0.6) is 0 Å². The molecule has 24 heavy (non-hydrogen) atoms. The van der Waals surface area contributed by atoms with Crippen LogP contribution in [-0.2, 0) is 9.59 Å². The first-order valence-electron chi connectivity index (χ1n) is 6.85. The number of halogens is 5. The normalized spacial score (nSPS) is 11.2. The number of anilines is 1. The molecule has 0 saturated heterocycles. The van der Waals surface area contributed by atoms with Crippen molar-refractivity contribution in [1.29, 1.82) is 0 Å². The zero-order valence-electron chi connectivity index (χ0n) is 12.6. The number of hydrogen-bond donors (Lipinski definition) is 1. The second-order valence-electron chi connectivity index (χ2n) is 4.72. The molecule has 1 aromatic rings. The van der Waals surface area contributed by atoms with Gasteiger partial charge in [-0.1, -0.05) is 30.1 Å². The van der Waals surface area contributed by atoms with E-state index in [2.05, 4.69) is 5.32 Å². The van der Waals surface area contributed by atoms with Gasteiger partial charge in [0.15, 0.2) is 0 Å². The summed E-state index contributed by atoms with van der Waals surface area (Å²) in [5, 5.41) is 3.11. The molecule has 0 saturated carbocycles. The number of benzene rings is 1. The van der Waals surface area contributed by atoms with Gasteiger partial charge in [-0.05, 0) is 36.4 Å². The zero-order valence-corrected chi connectivity index (χ0v) is 15.0. The molecule has 0 atom stereocenters. The molecule has 0 aliphatic heterocycles. The van der Waals surface area contributed by atoms with Gasteiger partial charge in [0.2, 0.25) is 11.8 Å². The van der Waals surface area contributed by atoms with Gasteiger partial charge in [0.25, 0.3) is 0 Å². The van der Waals surface area contributed by atoms with Gasteiger partial charge >= 0.3 is 5.51 Å². The maximum atomic E-state index is 12.2. The fourth-order valence-corrected chi connectivity index (χ4v) is 2.56. The maximum absolute atomic E-state index is 12.2. The largest absolute Gasteiger partial charge is 0.442 e. The van der Waals surface area contributed by atoms with E-state index in [-0.39, 0.29) is 23.8 Å². The van der Waals surface area contributed by atoms with Crippen molar-refractivity contribution in [3.05, 3.63) is 28.2 Å². The molecular weight excluding hydrogens is 388 g/mol. The number of nitrogens with zero attached hydrogens (tertiary/aromatic N) is 1. The molecular formula is C14H15Cl2F3N2O2S. The van der Waals surface area contributed by atoms with Crippen molar-refractivity contribution in [2.45, 2.75) is 18.9 Å². The minimum atomic E-state index is -4.50. The minimum Gasteiger partial charge on any atom is -0.333 e. The smallest absolute Gasteiger partial charge is 0.333 e. The van der Waals surface area contributed by atoms with Crippen molar-refractivity contribution < 1.29 is 22.8 Å². The van der Waals surface area contributed by atoms with E-state index in [0.717, 1.165) is 4.90 Å². The average molecular weight is 403 g/mol. The van der Waals surface area contributed by atoms with Gasteiger partial charge in [0.1, 0.15) is 0 Å². The van der Waals surface area contributed by atoms with Crippen LogP contribution in [0.15, 0.2) is 18.2 Å². The van der Waals surface area contributed by atoms with Gasteiger partial charge in [-0.3, -0.25) is 9.59 Å². The predicted octanol–water partition coefficient (Wildman–Crippen LogP) is 4.42. The van der Waals surface area contributed by atoms with E-state index in [4.69, 9.17) is 23.2 Å². The van der Waals surface area contributed by atoms with E-state index >= 15 is 0 Å². The molecule has 10 heteroatoms. The summed E-state index contributed by atoms with van der Waals surface area (Å²) in [6.07, 6.45) is 0.508. The Hall–Kier alpha value is -1.12. The molecule has 1 N–H and O–H groups in total. The van der Waals surface area contributed by atoms with E-state index in [9.17, 15) is 22.8 Å². The Kier molecular flexibility index (Phi) is 8.18. The number of hydrogen-bond acceptors (Lipinski definition) is 3. The van der Waals surface area contributed by atoms with Crippen molar-refractivity contribution in [3.8, 4) is 0 Å². The van der Waals surface area contributed by atoms with Crippen LogP contribution in [0, 0.1) is 0 Å². The van der Waals surface area contributed by atoms with Crippen molar-refractivity contribution in [3.63, 3.8) is 0 Å². The highest BCUT2D eigenvalue weighted by molar-refractivity contribution is 8.00. The molecule has 0 radical (unpaired) electrons. The first kappa shape index (κ1) is 20.9. The fraction of sp³-hybridized carbons (Fsp3) is 0.429. The Labute approximate surface area is 151 Å². The molecule has 0 aliphatic carbocycles. The summed E-state index contributed by atoms with van der Waals surface area (Å²) in [5.41, 5.74) is -4.23. The Balaban J connectivity index is 2.68. The molecule has 0 aromatic heterocycles. The van der Waals surface area contributed by atoms with Gasteiger partial charge in [-0.15, -0.1) is 0 Å². The quantitative estimate of drug-likeness (QED) is 0.733. The van der Waals surface area contributed by atoms with Crippen LogP contribution >= 0.6 is 35.0 Å². The summed E-state index contributed by atoms with van der Waals surface area (Å²) in [6.45, 7) is 1.56. The molecule has 0 unspecified atom stereocenters. The van der Waals surface area contributed by atoms with Crippen LogP contribution in [0.4, 0.5) is 18.9 Å². The van der Waals surface area contributed by atoms with E-state index in [1.165, 1.54) is 12.1 Å². The van der Waals surface area contributed by atoms with Crippen LogP contribution < -0.4 is 5.32 Å². The third-order valence-corrected chi connectivity index (χ3v) is 4.03. The highest BCUT2D eigenvalue weighted by Crippen LogP contribution is 2.30. The summed E-state index contributed by atoms with van der Waals surface area (Å²) < 4.78 is 36.5. The lowest BCUT2D eigenvalue weighted by Crippen LogP contribution is -2.39. The predicted molar refractivity (Wildman–Crippen MR) is 90.5 cm³/mol. The highest BCUT2D eigenvalue weighted by atomic mass is 35.5. The lowest BCUT2D eigenvalue weighted by molar-refractivity contribution is -0.132. The van der Waals surface area contributed by atoms with Crippen LogP contribution in [0.2, 0.25) is 10.0 Å². The lowest BCUT2D eigenvalue weighted by Gasteiger charge is -2.22. The SMILES string of the molecule is CCCN(CC(=O)Nc1cc(Cl)ccc1Cl)C(=O)CSC(F)(F)F. The molecule has 1 rings (SSSR count). The molecule has 0 heterocycles. The van der Waals surface area contributed by atoms with Crippen molar-refractivity contribution >= 4 is 52.5 Å². The van der Waals surface area contributed by atoms with Gasteiger partial charge in [0.05, 0.1) is 23.0 Å². The van der Waals surface area contributed by atoms with Gasteiger partial charge < -0.3 is 10.2 Å². The number of carbonyl (C=O) groups is 2. The molecule has 134 valence electrons. The number of amides is 2. The number of carbonyl (C=O) groups excluding carboxylic acids is 2. The Morgan fingerprint density at radius 2 is 1.96 bits per heavy atom. The molecule has 1 aromatic carbocycles. The maximum Gasteiger partial charge on any atom is 0.442 e. The number of thioether (sulfide) groups is 1. The Morgan fingerprint density at radius 3 is 2.54 bits per heavy atom. The standard InChI is InChI=1S/C14H15Cl2F3N2O2S/c1-2-5-21(13(23)8-24-14(17,18)19)7-12(22)20-11-6-9(15)3-4-10(11)16/h3-4,6H,2,5,7-8H2,1H3,(H,20,22). The van der Waals surface area contributed by atoms with Crippen molar-refractivity contribution in [1.82, 2.24) is 4.90 Å². The second-order valence-corrected chi connectivity index (χ2v) is 6.61. The Bertz CT molecular complexity index is 600. The van der Waals surface area contributed by atoms with Crippen LogP contribution in [0.3, 0.4) is 0 Å². The number of alkyl halides is 3. The third kappa shape index (κ3) is 7.63. The van der Waals surface area contributed by atoms with E-state index < -0.39 is 34.8 Å². The topological polar surface area (TPSA) is 49.4 Å². The monoisotopic (exact) mass is 402 g/mol. The van der Waals surface area contributed by atoms with Crippen molar-refractivity contribution in [2.24, 2.45) is 0 Å². The van der Waals surface area contributed by atoms with Gasteiger partial charge in [-0.25, -0.2) is 0 Å². The molecule has 0 aliphatic rings. The third-order valence-electron chi connectivity index (χ3n) is 2.74. The summed E-state index contributed by atoms with van der Waals surface area (Å²) in [7, 11) is 0. The Morgan fingerprint density at radius 1 is 1.29 bits per heavy atom. The summed E-state index contributed by atoms with van der Waals surface area (Å²) in [5.74, 6) is -2.10. The molecule has 2 amide bonds.